The van der Waals surface area contributed by atoms with E-state index in [0.717, 1.165) is 0 Å². The second-order valence-corrected chi connectivity index (χ2v) is 3.82. The Kier molecular flexibility index (Phi) is 5.74. The quantitative estimate of drug-likeness (QED) is 0.539. The fraction of sp³-hybridized carbons (Fsp3) is 0.333. The molecule has 4 N–H and O–H groups in total. The molecule has 1 amide bonds. The second kappa shape index (κ2) is 7.32. The molecule has 0 aromatic heterocycles. The molecule has 0 atom stereocenters. The van der Waals surface area contributed by atoms with E-state index in [9.17, 15) is 19.1 Å². The summed E-state index contributed by atoms with van der Waals surface area (Å²) >= 11 is 0. The van der Waals surface area contributed by atoms with Crippen LogP contribution in [0.3, 0.4) is 0 Å². The molecule has 104 valence electrons. The van der Waals surface area contributed by atoms with E-state index in [4.69, 9.17) is 5.73 Å². The highest BCUT2D eigenvalue weighted by atomic mass is 19.1. The molecule has 0 aliphatic carbocycles. The Labute approximate surface area is 109 Å². The summed E-state index contributed by atoms with van der Waals surface area (Å²) in [7, 11) is 0. The molecule has 6 nitrogen and oxygen atoms in total. The van der Waals surface area contributed by atoms with E-state index in [1.807, 2.05) is 0 Å². The van der Waals surface area contributed by atoms with E-state index in [0.29, 0.717) is 18.5 Å². The van der Waals surface area contributed by atoms with Crippen molar-refractivity contribution in [1.29, 1.82) is 0 Å². The Balaban J connectivity index is 2.68. The number of hydrogen-bond donors (Lipinski definition) is 3. The number of aromatic hydroxyl groups is 1. The number of amides is 1. The molecule has 7 heteroatoms. The van der Waals surface area contributed by atoms with Crippen LogP contribution < -0.4 is 11.1 Å². The number of hydrogen-bond acceptors (Lipinski definition) is 5. The molecule has 0 heterocycles. The molecular formula is C12H15FN2O4. The third-order valence-corrected chi connectivity index (χ3v) is 2.30. The maximum Gasteiger partial charge on any atom is 0.495 e. The summed E-state index contributed by atoms with van der Waals surface area (Å²) in [6.07, 6.45) is -1.12. The maximum atomic E-state index is 11.9. The van der Waals surface area contributed by atoms with Gasteiger partial charge >= 0.3 is 6.22 Å². The fourth-order valence-electron chi connectivity index (χ4n) is 1.39. The molecule has 0 radical (unpaired) electrons. The Hall–Kier alpha value is -2.15. The van der Waals surface area contributed by atoms with Gasteiger partial charge in [0.25, 0.3) is 0 Å². The first-order valence-corrected chi connectivity index (χ1v) is 5.67. The van der Waals surface area contributed by atoms with Crippen molar-refractivity contribution in [3.8, 4) is 5.75 Å². The van der Waals surface area contributed by atoms with Gasteiger partial charge in [-0.2, -0.15) is 0 Å². The van der Waals surface area contributed by atoms with E-state index >= 15 is 0 Å². The minimum absolute atomic E-state index is 0.128. The minimum atomic E-state index is -1.89. The zero-order valence-corrected chi connectivity index (χ0v) is 10.2. The van der Waals surface area contributed by atoms with Crippen LogP contribution in [-0.2, 0) is 16.1 Å². The van der Waals surface area contributed by atoms with Gasteiger partial charge in [-0.25, -0.2) is 4.79 Å². The number of carbonyl (C=O) groups excluding carboxylic acids is 2. The van der Waals surface area contributed by atoms with E-state index in [2.05, 4.69) is 10.1 Å². The largest absolute Gasteiger partial charge is 0.506 e. The Morgan fingerprint density at radius 3 is 2.79 bits per heavy atom. The van der Waals surface area contributed by atoms with Crippen LogP contribution in [0.5, 0.6) is 5.75 Å². The van der Waals surface area contributed by atoms with Gasteiger partial charge in [-0.3, -0.25) is 4.79 Å². The van der Waals surface area contributed by atoms with Crippen molar-refractivity contribution >= 4 is 17.8 Å². The third-order valence-electron chi connectivity index (χ3n) is 2.30. The van der Waals surface area contributed by atoms with Crippen molar-refractivity contribution in [2.24, 2.45) is 5.73 Å². The van der Waals surface area contributed by atoms with Gasteiger partial charge in [0.15, 0.2) is 0 Å². The van der Waals surface area contributed by atoms with Crippen molar-refractivity contribution in [2.45, 2.75) is 19.4 Å². The number of nitrogens with two attached hydrogens (primary N) is 1. The Morgan fingerprint density at radius 2 is 2.16 bits per heavy atom. The maximum absolute atomic E-state index is 11.9. The van der Waals surface area contributed by atoms with Crippen molar-refractivity contribution in [1.82, 2.24) is 0 Å². The SMILES string of the molecule is NCCCC(=O)Nc1cc(COC(=O)F)ccc1O. The average Bonchev–Trinajstić information content (AvgIpc) is 2.37. The van der Waals surface area contributed by atoms with Crippen LogP contribution in [-0.4, -0.2) is 23.8 Å². The van der Waals surface area contributed by atoms with Gasteiger partial charge in [0.2, 0.25) is 5.91 Å². The molecule has 0 spiro atoms. The molecule has 19 heavy (non-hydrogen) atoms. The predicted octanol–water partition coefficient (Wildman–Crippen LogP) is 1.68. The lowest BCUT2D eigenvalue weighted by Crippen LogP contribution is -2.13. The first-order valence-electron chi connectivity index (χ1n) is 5.67. The molecule has 1 aromatic rings. The summed E-state index contributed by atoms with van der Waals surface area (Å²) in [5.41, 5.74) is 5.90. The van der Waals surface area contributed by atoms with Gasteiger partial charge in [0.1, 0.15) is 12.4 Å². The van der Waals surface area contributed by atoms with Crippen LogP contribution in [0.15, 0.2) is 18.2 Å². The molecule has 0 aliphatic rings. The molecule has 0 bridgehead atoms. The van der Waals surface area contributed by atoms with Crippen LogP contribution in [0.25, 0.3) is 0 Å². The van der Waals surface area contributed by atoms with Crippen molar-refractivity contribution in [2.75, 3.05) is 11.9 Å². The zero-order chi connectivity index (χ0) is 14.3. The van der Waals surface area contributed by atoms with Gasteiger partial charge < -0.3 is 20.9 Å². The summed E-state index contributed by atoms with van der Waals surface area (Å²) in [5.74, 6) is -0.420. The molecule has 1 aromatic carbocycles. The van der Waals surface area contributed by atoms with Gasteiger partial charge in [0.05, 0.1) is 5.69 Å². The first-order chi connectivity index (χ1) is 9.02. The van der Waals surface area contributed by atoms with Crippen molar-refractivity contribution < 1.29 is 23.8 Å². The summed E-state index contributed by atoms with van der Waals surface area (Å²) in [4.78, 5) is 21.5. The molecule has 0 saturated heterocycles. The number of halogens is 1. The number of nitrogens with one attached hydrogen (secondary N) is 1. The third kappa shape index (κ3) is 5.35. The molecule has 0 aliphatic heterocycles. The fourth-order valence-corrected chi connectivity index (χ4v) is 1.39. The topological polar surface area (TPSA) is 102 Å². The monoisotopic (exact) mass is 270 g/mol. The number of rotatable bonds is 6. The number of carbonyl (C=O) groups is 2. The van der Waals surface area contributed by atoms with Crippen LogP contribution in [0.1, 0.15) is 18.4 Å². The average molecular weight is 270 g/mol. The molecule has 1 rings (SSSR count). The van der Waals surface area contributed by atoms with Gasteiger partial charge in [0, 0.05) is 6.42 Å². The molecular weight excluding hydrogens is 255 g/mol. The number of anilines is 1. The van der Waals surface area contributed by atoms with E-state index < -0.39 is 6.22 Å². The lowest BCUT2D eigenvalue weighted by molar-refractivity contribution is -0.116. The lowest BCUT2D eigenvalue weighted by Gasteiger charge is -2.09. The van der Waals surface area contributed by atoms with Gasteiger partial charge in [-0.1, -0.05) is 6.07 Å². The Morgan fingerprint density at radius 1 is 1.42 bits per heavy atom. The summed E-state index contributed by atoms with van der Waals surface area (Å²) < 4.78 is 16.1. The van der Waals surface area contributed by atoms with E-state index in [-0.39, 0.29) is 30.4 Å². The minimum Gasteiger partial charge on any atom is -0.506 e. The van der Waals surface area contributed by atoms with E-state index in [1.165, 1.54) is 18.2 Å². The standard InChI is InChI=1S/C12H15FN2O4/c13-12(18)19-7-8-3-4-10(16)9(6-8)15-11(17)2-1-5-14/h3-4,6,16H,1-2,5,7,14H2,(H,15,17). The molecule has 0 fully saturated rings. The highest BCUT2D eigenvalue weighted by molar-refractivity contribution is 5.92. The van der Waals surface area contributed by atoms with Gasteiger partial charge in [-0.15, -0.1) is 4.39 Å². The van der Waals surface area contributed by atoms with Crippen LogP contribution in [0, 0.1) is 0 Å². The smallest absolute Gasteiger partial charge is 0.495 e. The molecule has 0 saturated carbocycles. The second-order valence-electron chi connectivity index (χ2n) is 3.82. The number of ether oxygens (including phenoxy) is 1. The van der Waals surface area contributed by atoms with Crippen molar-refractivity contribution in [3.63, 3.8) is 0 Å². The normalized spacial score (nSPS) is 10.0. The van der Waals surface area contributed by atoms with Crippen LogP contribution in [0.2, 0.25) is 0 Å². The van der Waals surface area contributed by atoms with Crippen molar-refractivity contribution in [3.05, 3.63) is 23.8 Å². The summed E-state index contributed by atoms with van der Waals surface area (Å²) in [5, 5.41) is 12.1. The lowest BCUT2D eigenvalue weighted by atomic mass is 10.2. The number of benzene rings is 1. The van der Waals surface area contributed by atoms with E-state index in [1.54, 1.807) is 0 Å². The number of phenolic OH excluding ortho intramolecular Hbond substituents is 1. The predicted molar refractivity (Wildman–Crippen MR) is 66.3 cm³/mol. The zero-order valence-electron chi connectivity index (χ0n) is 10.2. The van der Waals surface area contributed by atoms with Gasteiger partial charge in [-0.05, 0) is 30.7 Å². The van der Waals surface area contributed by atoms with Crippen LogP contribution in [0.4, 0.5) is 14.9 Å². The molecule has 0 unspecified atom stereocenters. The summed E-state index contributed by atoms with van der Waals surface area (Å²) in [6.45, 7) is 0.118. The van der Waals surface area contributed by atoms with Crippen LogP contribution >= 0.6 is 0 Å². The Bertz CT molecular complexity index is 465. The highest BCUT2D eigenvalue weighted by Gasteiger charge is 2.08. The highest BCUT2D eigenvalue weighted by Crippen LogP contribution is 2.24. The number of phenols is 1. The summed E-state index contributed by atoms with van der Waals surface area (Å²) in [6, 6.07) is 4.17. The first kappa shape index (κ1) is 14.9.